The van der Waals surface area contributed by atoms with Gasteiger partial charge in [-0.2, -0.15) is 0 Å². The van der Waals surface area contributed by atoms with Crippen LogP contribution in [-0.4, -0.2) is 58.3 Å². The molecule has 1 N–H and O–H groups in total. The molecule has 2 amide bonds. The van der Waals surface area contributed by atoms with Crippen LogP contribution >= 0.6 is 0 Å². The number of likely N-dealkylation sites (tertiary alicyclic amines) is 2. The third-order valence-corrected chi connectivity index (χ3v) is 5.62. The summed E-state index contributed by atoms with van der Waals surface area (Å²) < 4.78 is 0. The van der Waals surface area contributed by atoms with E-state index in [0.717, 1.165) is 45.3 Å². The molecule has 1 unspecified atom stereocenters. The van der Waals surface area contributed by atoms with E-state index in [9.17, 15) is 9.59 Å². The summed E-state index contributed by atoms with van der Waals surface area (Å²) in [6.07, 6.45) is 7.80. The monoisotopic (exact) mass is 386 g/mol. The summed E-state index contributed by atoms with van der Waals surface area (Å²) in [5.74, 6) is 0.141. The molecule has 154 valence electrons. The Hall–Kier alpha value is -1.95. The highest BCUT2D eigenvalue weighted by molar-refractivity contribution is 5.88. The van der Waals surface area contributed by atoms with E-state index >= 15 is 0 Å². The average Bonchev–Trinajstić information content (AvgIpc) is 3.13. The predicted octanol–water partition coefficient (Wildman–Crippen LogP) is 2.59. The number of rotatable bonds is 5. The van der Waals surface area contributed by atoms with Gasteiger partial charge in [0.1, 0.15) is 6.04 Å². The largest absolute Gasteiger partial charge is 0.351 e. The number of carbonyl (C=O) groups excluding carboxylic acids is 2. The molecule has 1 atom stereocenters. The summed E-state index contributed by atoms with van der Waals surface area (Å²) in [5, 5.41) is 3.22. The second-order valence-corrected chi connectivity index (χ2v) is 9.40. The van der Waals surface area contributed by atoms with Gasteiger partial charge in [-0.3, -0.25) is 19.5 Å². The Morgan fingerprint density at radius 2 is 1.93 bits per heavy atom. The number of hydrogen-bond acceptors (Lipinski definition) is 4. The SMILES string of the molecule is CC(C)(C)CC(=O)N1CCCC1C(=O)NC1CCN(Cc2cccnc2)CC1. The van der Waals surface area contributed by atoms with Crippen LogP contribution in [0.3, 0.4) is 0 Å². The van der Waals surface area contributed by atoms with Crippen LogP contribution in [0.4, 0.5) is 0 Å². The number of aromatic nitrogens is 1. The fraction of sp³-hybridized carbons (Fsp3) is 0.682. The number of piperidine rings is 1. The van der Waals surface area contributed by atoms with E-state index in [1.165, 1.54) is 5.56 Å². The second-order valence-electron chi connectivity index (χ2n) is 9.40. The molecule has 3 rings (SSSR count). The van der Waals surface area contributed by atoms with Crippen molar-refractivity contribution in [1.29, 1.82) is 0 Å². The first-order chi connectivity index (χ1) is 13.3. The average molecular weight is 387 g/mol. The van der Waals surface area contributed by atoms with E-state index in [-0.39, 0.29) is 29.3 Å². The topological polar surface area (TPSA) is 65.5 Å². The summed E-state index contributed by atoms with van der Waals surface area (Å²) in [5.41, 5.74) is 1.17. The molecule has 0 aliphatic carbocycles. The molecule has 2 aliphatic heterocycles. The molecule has 0 radical (unpaired) electrons. The Balaban J connectivity index is 1.46. The molecule has 28 heavy (non-hydrogen) atoms. The van der Waals surface area contributed by atoms with Gasteiger partial charge in [-0.25, -0.2) is 0 Å². The normalized spacial score (nSPS) is 21.7. The molecule has 2 fully saturated rings. The van der Waals surface area contributed by atoms with E-state index in [0.29, 0.717) is 13.0 Å². The van der Waals surface area contributed by atoms with E-state index in [1.807, 2.05) is 12.3 Å². The molecule has 0 aromatic carbocycles. The quantitative estimate of drug-likeness (QED) is 0.845. The van der Waals surface area contributed by atoms with Crippen molar-refractivity contribution in [3.05, 3.63) is 30.1 Å². The lowest BCUT2D eigenvalue weighted by molar-refractivity contribution is -0.140. The molecule has 3 heterocycles. The standard InChI is InChI=1S/C22H34N4O2/c1-22(2,3)14-20(27)26-11-5-7-19(26)21(28)24-18-8-12-25(13-9-18)16-17-6-4-10-23-15-17/h4,6,10,15,18-19H,5,7-9,11-14,16H2,1-3H3,(H,24,28). The molecule has 0 spiro atoms. The van der Waals surface area contributed by atoms with Gasteiger partial charge in [-0.05, 0) is 42.7 Å². The molecular formula is C22H34N4O2. The molecule has 0 bridgehead atoms. The van der Waals surface area contributed by atoms with Gasteiger partial charge in [0.25, 0.3) is 0 Å². The fourth-order valence-electron chi connectivity index (χ4n) is 4.18. The Morgan fingerprint density at radius 3 is 2.57 bits per heavy atom. The van der Waals surface area contributed by atoms with Gasteiger partial charge in [-0.1, -0.05) is 26.8 Å². The number of carbonyl (C=O) groups is 2. The second kappa shape index (κ2) is 9.03. The maximum absolute atomic E-state index is 12.8. The molecule has 2 aliphatic rings. The van der Waals surface area contributed by atoms with E-state index in [1.54, 1.807) is 11.1 Å². The zero-order valence-corrected chi connectivity index (χ0v) is 17.5. The lowest BCUT2D eigenvalue weighted by Gasteiger charge is -2.34. The van der Waals surface area contributed by atoms with Crippen molar-refractivity contribution in [3.63, 3.8) is 0 Å². The van der Waals surface area contributed by atoms with Gasteiger partial charge >= 0.3 is 0 Å². The minimum absolute atomic E-state index is 0.0328. The molecule has 1 aromatic rings. The zero-order chi connectivity index (χ0) is 20.1. The van der Waals surface area contributed by atoms with Gasteiger partial charge in [0.15, 0.2) is 0 Å². The van der Waals surface area contributed by atoms with Crippen LogP contribution in [0, 0.1) is 5.41 Å². The highest BCUT2D eigenvalue weighted by Gasteiger charge is 2.36. The summed E-state index contributed by atoms with van der Waals surface area (Å²) in [6.45, 7) is 9.75. The third kappa shape index (κ3) is 5.77. The summed E-state index contributed by atoms with van der Waals surface area (Å²) in [6, 6.07) is 3.99. The van der Waals surface area contributed by atoms with Crippen molar-refractivity contribution in [3.8, 4) is 0 Å². The van der Waals surface area contributed by atoms with Crippen molar-refractivity contribution in [1.82, 2.24) is 20.1 Å². The Kier molecular flexibility index (Phi) is 6.70. The predicted molar refractivity (Wildman–Crippen MR) is 109 cm³/mol. The number of pyridine rings is 1. The Morgan fingerprint density at radius 1 is 1.18 bits per heavy atom. The fourth-order valence-corrected chi connectivity index (χ4v) is 4.18. The van der Waals surface area contributed by atoms with Gasteiger partial charge in [0.05, 0.1) is 0 Å². The van der Waals surface area contributed by atoms with Gasteiger partial charge < -0.3 is 10.2 Å². The first kappa shape index (κ1) is 20.8. The number of nitrogens with one attached hydrogen (secondary N) is 1. The van der Waals surface area contributed by atoms with Crippen LogP contribution in [0.15, 0.2) is 24.5 Å². The molecule has 6 nitrogen and oxygen atoms in total. The van der Waals surface area contributed by atoms with Crippen molar-refractivity contribution < 1.29 is 9.59 Å². The highest BCUT2D eigenvalue weighted by atomic mass is 16.2. The molecule has 0 saturated carbocycles. The first-order valence-electron chi connectivity index (χ1n) is 10.5. The summed E-state index contributed by atoms with van der Waals surface area (Å²) >= 11 is 0. The first-order valence-corrected chi connectivity index (χ1v) is 10.5. The molecule has 6 heteroatoms. The van der Waals surface area contributed by atoms with Crippen LogP contribution in [-0.2, 0) is 16.1 Å². The molecular weight excluding hydrogens is 352 g/mol. The van der Waals surface area contributed by atoms with Gasteiger partial charge in [-0.15, -0.1) is 0 Å². The maximum Gasteiger partial charge on any atom is 0.243 e. The minimum Gasteiger partial charge on any atom is -0.351 e. The van der Waals surface area contributed by atoms with E-state index in [2.05, 4.69) is 42.0 Å². The maximum atomic E-state index is 12.8. The molecule has 1 aromatic heterocycles. The van der Waals surface area contributed by atoms with Gasteiger partial charge in [0, 0.05) is 51.0 Å². The van der Waals surface area contributed by atoms with Crippen LogP contribution in [0.5, 0.6) is 0 Å². The van der Waals surface area contributed by atoms with E-state index < -0.39 is 0 Å². The van der Waals surface area contributed by atoms with Crippen molar-refractivity contribution in [2.24, 2.45) is 5.41 Å². The lowest BCUT2D eigenvalue weighted by atomic mass is 9.91. The number of nitrogens with zero attached hydrogens (tertiary/aromatic N) is 3. The Labute approximate surface area is 168 Å². The minimum atomic E-state index is -0.289. The summed E-state index contributed by atoms with van der Waals surface area (Å²) in [7, 11) is 0. The van der Waals surface area contributed by atoms with Crippen molar-refractivity contribution >= 4 is 11.8 Å². The van der Waals surface area contributed by atoms with Crippen LogP contribution in [0.1, 0.15) is 58.4 Å². The smallest absolute Gasteiger partial charge is 0.243 e. The highest BCUT2D eigenvalue weighted by Crippen LogP contribution is 2.25. The lowest BCUT2D eigenvalue weighted by Crippen LogP contribution is -2.51. The Bertz CT molecular complexity index is 663. The van der Waals surface area contributed by atoms with Crippen LogP contribution in [0.25, 0.3) is 0 Å². The van der Waals surface area contributed by atoms with Gasteiger partial charge in [0.2, 0.25) is 11.8 Å². The van der Waals surface area contributed by atoms with E-state index in [4.69, 9.17) is 0 Å². The number of amides is 2. The summed E-state index contributed by atoms with van der Waals surface area (Å²) in [4.78, 5) is 33.8. The van der Waals surface area contributed by atoms with Crippen molar-refractivity contribution in [2.75, 3.05) is 19.6 Å². The number of hydrogen-bond donors (Lipinski definition) is 1. The third-order valence-electron chi connectivity index (χ3n) is 5.62. The van der Waals surface area contributed by atoms with Crippen molar-refractivity contribution in [2.45, 2.75) is 71.5 Å². The van der Waals surface area contributed by atoms with Crippen LogP contribution in [0.2, 0.25) is 0 Å². The van der Waals surface area contributed by atoms with Crippen LogP contribution < -0.4 is 5.32 Å². The zero-order valence-electron chi connectivity index (χ0n) is 17.5. The molecule has 2 saturated heterocycles.